The summed E-state index contributed by atoms with van der Waals surface area (Å²) >= 11 is 0. The van der Waals surface area contributed by atoms with Crippen molar-refractivity contribution < 1.29 is 13.2 Å². The van der Waals surface area contributed by atoms with Crippen LogP contribution in [0.3, 0.4) is 0 Å². The summed E-state index contributed by atoms with van der Waals surface area (Å²) in [5.74, 6) is 0.772. The number of amides is 1. The lowest BCUT2D eigenvalue weighted by atomic mass is 10.0. The number of carbonyl (C=O) groups excluding carboxylic acids is 1. The smallest absolute Gasteiger partial charge is 0.251 e. The van der Waals surface area contributed by atoms with Gasteiger partial charge in [-0.15, -0.1) is 0 Å². The fraction of sp³-hybridized carbons (Fsp3) is 0.611. The van der Waals surface area contributed by atoms with Gasteiger partial charge < -0.3 is 5.32 Å². The fourth-order valence-electron chi connectivity index (χ4n) is 2.92. The summed E-state index contributed by atoms with van der Waals surface area (Å²) < 4.78 is 25.3. The quantitative estimate of drug-likeness (QED) is 0.819. The lowest BCUT2D eigenvalue weighted by Crippen LogP contribution is -2.32. The highest BCUT2D eigenvalue weighted by Gasteiger charge is 2.28. The second kappa shape index (κ2) is 8.01. The van der Waals surface area contributed by atoms with Gasteiger partial charge in [-0.3, -0.25) is 9.10 Å². The topological polar surface area (TPSA) is 66.5 Å². The van der Waals surface area contributed by atoms with E-state index in [1.165, 1.54) is 10.7 Å². The zero-order chi connectivity index (χ0) is 17.7. The molecule has 5 nitrogen and oxygen atoms in total. The number of nitrogens with one attached hydrogen (secondary N) is 1. The molecule has 0 saturated carbocycles. The van der Waals surface area contributed by atoms with Crippen molar-refractivity contribution in [1.82, 2.24) is 5.32 Å². The molecule has 1 aromatic rings. The lowest BCUT2D eigenvalue weighted by molar-refractivity contribution is 0.0938. The van der Waals surface area contributed by atoms with Gasteiger partial charge in [0.2, 0.25) is 10.0 Å². The van der Waals surface area contributed by atoms with E-state index in [2.05, 4.69) is 19.2 Å². The van der Waals surface area contributed by atoms with Crippen molar-refractivity contribution in [3.63, 3.8) is 0 Å². The molecule has 1 atom stereocenters. The third-order valence-electron chi connectivity index (χ3n) is 4.31. The molecule has 0 bridgehead atoms. The molecule has 1 aromatic carbocycles. The van der Waals surface area contributed by atoms with Gasteiger partial charge in [0.05, 0.1) is 11.4 Å². The first-order valence-electron chi connectivity index (χ1n) is 8.71. The minimum Gasteiger partial charge on any atom is -0.350 e. The third-order valence-corrected chi connectivity index (χ3v) is 6.18. The molecule has 24 heavy (non-hydrogen) atoms. The van der Waals surface area contributed by atoms with Crippen molar-refractivity contribution in [3.05, 3.63) is 29.8 Å². The number of benzene rings is 1. The predicted octanol–water partition coefficient (Wildman–Crippen LogP) is 3.17. The molecule has 1 aliphatic rings. The van der Waals surface area contributed by atoms with Crippen LogP contribution in [-0.4, -0.2) is 32.7 Å². The summed E-state index contributed by atoms with van der Waals surface area (Å²) in [5.41, 5.74) is 1.19. The predicted molar refractivity (Wildman–Crippen MR) is 97.8 cm³/mol. The molecule has 1 unspecified atom stereocenters. The van der Waals surface area contributed by atoms with Crippen LogP contribution in [0.2, 0.25) is 0 Å². The molecular formula is C18H28N2O3S. The molecule has 6 heteroatoms. The highest BCUT2D eigenvalue weighted by Crippen LogP contribution is 2.24. The zero-order valence-corrected chi connectivity index (χ0v) is 15.6. The Morgan fingerprint density at radius 3 is 2.38 bits per heavy atom. The average molecular weight is 353 g/mol. The molecular weight excluding hydrogens is 324 g/mol. The number of sulfonamides is 1. The monoisotopic (exact) mass is 352 g/mol. The van der Waals surface area contributed by atoms with Gasteiger partial charge >= 0.3 is 0 Å². The first-order chi connectivity index (χ1) is 11.3. The van der Waals surface area contributed by atoms with Crippen molar-refractivity contribution >= 4 is 21.6 Å². The van der Waals surface area contributed by atoms with Gasteiger partial charge in [0, 0.05) is 18.2 Å². The second-order valence-electron chi connectivity index (χ2n) is 6.99. The Morgan fingerprint density at radius 2 is 1.83 bits per heavy atom. The van der Waals surface area contributed by atoms with E-state index in [9.17, 15) is 13.2 Å². The molecule has 1 saturated heterocycles. The summed E-state index contributed by atoms with van der Waals surface area (Å²) in [6.07, 6.45) is 3.89. The summed E-state index contributed by atoms with van der Waals surface area (Å²) in [6, 6.07) is 6.94. The van der Waals surface area contributed by atoms with Gasteiger partial charge in [-0.2, -0.15) is 0 Å². The Hall–Kier alpha value is -1.56. The van der Waals surface area contributed by atoms with Crippen LogP contribution in [0.15, 0.2) is 24.3 Å². The first kappa shape index (κ1) is 18.8. The Morgan fingerprint density at radius 1 is 1.17 bits per heavy atom. The summed E-state index contributed by atoms with van der Waals surface area (Å²) in [5, 5.41) is 3.00. The number of hydrogen-bond donors (Lipinski definition) is 1. The van der Waals surface area contributed by atoms with Crippen LogP contribution >= 0.6 is 0 Å². The second-order valence-corrected chi connectivity index (χ2v) is 9.00. The molecule has 1 heterocycles. The normalized spacial score (nSPS) is 17.9. The molecule has 1 amide bonds. The third kappa shape index (κ3) is 4.97. The number of rotatable bonds is 7. The van der Waals surface area contributed by atoms with E-state index in [0.717, 1.165) is 12.8 Å². The number of hydrogen-bond acceptors (Lipinski definition) is 3. The molecule has 1 N–H and O–H groups in total. The summed E-state index contributed by atoms with van der Waals surface area (Å²) in [4.78, 5) is 12.3. The summed E-state index contributed by atoms with van der Waals surface area (Å²) in [7, 11) is -3.18. The van der Waals surface area contributed by atoms with Crippen LogP contribution in [0.5, 0.6) is 0 Å². The lowest BCUT2D eigenvalue weighted by Gasteiger charge is -2.18. The van der Waals surface area contributed by atoms with Gasteiger partial charge in [0.25, 0.3) is 5.91 Å². The van der Waals surface area contributed by atoms with Crippen LogP contribution in [0.25, 0.3) is 0 Å². The largest absolute Gasteiger partial charge is 0.350 e. The van der Waals surface area contributed by atoms with E-state index in [1.807, 2.05) is 6.92 Å². The SMILES string of the molecule is CC(C)CCCC(C)NC(=O)c1ccc(N2CCCS2(=O)=O)cc1. The highest BCUT2D eigenvalue weighted by molar-refractivity contribution is 7.93. The fourth-order valence-corrected chi connectivity index (χ4v) is 4.48. The number of nitrogens with zero attached hydrogens (tertiary/aromatic N) is 1. The van der Waals surface area contributed by atoms with E-state index in [0.29, 0.717) is 30.1 Å². The summed E-state index contributed by atoms with van der Waals surface area (Å²) in [6.45, 7) is 6.93. The Labute approximate surface area is 145 Å². The molecule has 2 rings (SSSR count). The van der Waals surface area contributed by atoms with Crippen molar-refractivity contribution in [2.75, 3.05) is 16.6 Å². The van der Waals surface area contributed by atoms with E-state index >= 15 is 0 Å². The van der Waals surface area contributed by atoms with E-state index in [1.54, 1.807) is 24.3 Å². The van der Waals surface area contributed by atoms with Crippen LogP contribution in [0.1, 0.15) is 56.8 Å². The van der Waals surface area contributed by atoms with E-state index in [-0.39, 0.29) is 17.7 Å². The van der Waals surface area contributed by atoms with Gasteiger partial charge in [-0.05, 0) is 49.9 Å². The maximum atomic E-state index is 12.3. The Bertz CT molecular complexity index is 653. The standard InChI is InChI=1S/C18H28N2O3S/c1-14(2)6-4-7-15(3)19-18(21)16-8-10-17(11-9-16)20-12-5-13-24(20,22)23/h8-11,14-15H,4-7,12-13H2,1-3H3,(H,19,21). The molecule has 0 aromatic heterocycles. The molecule has 0 radical (unpaired) electrons. The molecule has 0 spiro atoms. The van der Waals surface area contributed by atoms with Gasteiger partial charge in [0.15, 0.2) is 0 Å². The maximum Gasteiger partial charge on any atom is 0.251 e. The van der Waals surface area contributed by atoms with Gasteiger partial charge in [0.1, 0.15) is 0 Å². The zero-order valence-electron chi connectivity index (χ0n) is 14.8. The highest BCUT2D eigenvalue weighted by atomic mass is 32.2. The van der Waals surface area contributed by atoms with Gasteiger partial charge in [-0.25, -0.2) is 8.42 Å². The van der Waals surface area contributed by atoms with Crippen molar-refractivity contribution in [3.8, 4) is 0 Å². The van der Waals surface area contributed by atoms with Crippen LogP contribution in [0.4, 0.5) is 5.69 Å². The maximum absolute atomic E-state index is 12.3. The first-order valence-corrected chi connectivity index (χ1v) is 10.3. The van der Waals surface area contributed by atoms with Crippen molar-refractivity contribution in [2.45, 2.75) is 52.5 Å². The van der Waals surface area contributed by atoms with E-state index < -0.39 is 10.0 Å². The Kier molecular flexibility index (Phi) is 6.27. The Balaban J connectivity index is 1.92. The molecule has 1 fully saturated rings. The number of carbonyl (C=O) groups is 1. The minimum atomic E-state index is -3.18. The minimum absolute atomic E-state index is 0.108. The molecule has 134 valence electrons. The average Bonchev–Trinajstić information content (AvgIpc) is 2.86. The van der Waals surface area contributed by atoms with Crippen LogP contribution < -0.4 is 9.62 Å². The van der Waals surface area contributed by atoms with Gasteiger partial charge in [-0.1, -0.05) is 26.7 Å². The van der Waals surface area contributed by atoms with E-state index in [4.69, 9.17) is 0 Å². The van der Waals surface area contributed by atoms with Crippen LogP contribution in [0, 0.1) is 5.92 Å². The van der Waals surface area contributed by atoms with Crippen LogP contribution in [-0.2, 0) is 10.0 Å². The van der Waals surface area contributed by atoms with Crippen molar-refractivity contribution in [2.24, 2.45) is 5.92 Å². The molecule has 1 aliphatic heterocycles. The van der Waals surface area contributed by atoms with Crippen molar-refractivity contribution in [1.29, 1.82) is 0 Å². The number of anilines is 1. The molecule has 0 aliphatic carbocycles.